The number of ketones is 1. The van der Waals surface area contributed by atoms with Gasteiger partial charge in [-0.25, -0.2) is 0 Å². The van der Waals surface area contributed by atoms with Crippen LogP contribution >= 0.6 is 0 Å². The van der Waals surface area contributed by atoms with Crippen molar-refractivity contribution >= 4 is 29.5 Å². The average molecular weight is 458 g/mol. The molecule has 0 spiro atoms. The molecule has 0 aromatic rings. The van der Waals surface area contributed by atoms with Crippen LogP contribution in [0.5, 0.6) is 0 Å². The molecule has 0 aromatic heterocycles. The van der Waals surface area contributed by atoms with Crippen LogP contribution in [0.15, 0.2) is 0 Å². The van der Waals surface area contributed by atoms with E-state index in [1.54, 1.807) is 41.5 Å². The lowest BCUT2D eigenvalue weighted by Crippen LogP contribution is -2.47. The van der Waals surface area contributed by atoms with E-state index in [1.165, 1.54) is 4.90 Å². The molecule has 0 heterocycles. The molecule has 184 valence electrons. The van der Waals surface area contributed by atoms with Gasteiger partial charge >= 0.3 is 11.9 Å². The summed E-state index contributed by atoms with van der Waals surface area (Å²) in [5, 5.41) is 11.4. The van der Waals surface area contributed by atoms with Crippen molar-refractivity contribution in [2.75, 3.05) is 26.2 Å². The summed E-state index contributed by atoms with van der Waals surface area (Å²) >= 11 is 0. The molecule has 0 aliphatic heterocycles. The van der Waals surface area contributed by atoms with Crippen LogP contribution in [0, 0.1) is 17.3 Å². The topological polar surface area (TPSA) is 156 Å². The van der Waals surface area contributed by atoms with Gasteiger partial charge in [-0.3, -0.25) is 24.0 Å². The molecule has 0 bridgehead atoms. The van der Waals surface area contributed by atoms with Crippen molar-refractivity contribution in [3.8, 4) is 0 Å². The van der Waals surface area contributed by atoms with E-state index in [0.717, 1.165) is 0 Å². The van der Waals surface area contributed by atoms with Crippen molar-refractivity contribution in [2.45, 2.75) is 66.8 Å². The molecule has 2 amide bonds. The highest BCUT2D eigenvalue weighted by Crippen LogP contribution is 2.21. The second-order valence-electron chi connectivity index (χ2n) is 9.14. The summed E-state index contributed by atoms with van der Waals surface area (Å²) in [7, 11) is 0. The van der Waals surface area contributed by atoms with Crippen LogP contribution in [0.25, 0.3) is 0 Å². The van der Waals surface area contributed by atoms with E-state index in [0.29, 0.717) is 0 Å². The standard InChI is InChI=1S/C22H39N3O7/c1-14(2)17(26)9-12-32-21(31)22(5,6)13-25(19(28)15(3)4)11-10-24-18(27)8-7-16(23)20(29)30/h14-16H,7-13,23H2,1-6H3,(H,24,27)(H,29,30)/t16-/m0/s1. The van der Waals surface area contributed by atoms with Gasteiger partial charge < -0.3 is 25.8 Å². The summed E-state index contributed by atoms with van der Waals surface area (Å²) in [6.45, 7) is 10.8. The van der Waals surface area contributed by atoms with Gasteiger partial charge in [0.2, 0.25) is 11.8 Å². The summed E-state index contributed by atoms with van der Waals surface area (Å²) < 4.78 is 5.26. The predicted octanol–water partition coefficient (Wildman–Crippen LogP) is 0.964. The lowest BCUT2D eigenvalue weighted by molar-refractivity contribution is -0.157. The second-order valence-corrected chi connectivity index (χ2v) is 9.14. The van der Waals surface area contributed by atoms with Crippen LogP contribution in [-0.4, -0.2) is 71.8 Å². The van der Waals surface area contributed by atoms with Gasteiger partial charge in [0.1, 0.15) is 11.8 Å². The minimum absolute atomic E-state index is 0.00673. The lowest BCUT2D eigenvalue weighted by atomic mass is 9.92. The molecule has 10 nitrogen and oxygen atoms in total. The monoisotopic (exact) mass is 457 g/mol. The first-order valence-electron chi connectivity index (χ1n) is 10.9. The summed E-state index contributed by atoms with van der Waals surface area (Å²) in [6, 6.07) is -1.11. The smallest absolute Gasteiger partial charge is 0.320 e. The molecule has 10 heteroatoms. The van der Waals surface area contributed by atoms with Crippen molar-refractivity contribution in [3.05, 3.63) is 0 Å². The molecular formula is C22H39N3O7. The van der Waals surface area contributed by atoms with Gasteiger partial charge in [0, 0.05) is 44.3 Å². The van der Waals surface area contributed by atoms with Crippen LogP contribution in [0.2, 0.25) is 0 Å². The van der Waals surface area contributed by atoms with E-state index in [-0.39, 0.29) is 74.9 Å². The number of nitrogens with zero attached hydrogens (tertiary/aromatic N) is 1. The Bertz CT molecular complexity index is 674. The van der Waals surface area contributed by atoms with Crippen molar-refractivity contribution in [2.24, 2.45) is 23.0 Å². The number of aliphatic carboxylic acids is 1. The first-order chi connectivity index (χ1) is 14.7. The highest BCUT2D eigenvalue weighted by molar-refractivity contribution is 5.82. The fourth-order valence-electron chi connectivity index (χ4n) is 2.73. The number of hydrogen-bond acceptors (Lipinski definition) is 7. The number of esters is 1. The minimum Gasteiger partial charge on any atom is -0.480 e. The maximum atomic E-state index is 12.6. The molecule has 32 heavy (non-hydrogen) atoms. The maximum Gasteiger partial charge on any atom is 0.320 e. The van der Waals surface area contributed by atoms with Gasteiger partial charge in [-0.1, -0.05) is 27.7 Å². The molecule has 0 rings (SSSR count). The summed E-state index contributed by atoms with van der Waals surface area (Å²) in [5.74, 6) is -2.66. The van der Waals surface area contributed by atoms with Gasteiger partial charge in [-0.2, -0.15) is 0 Å². The van der Waals surface area contributed by atoms with Crippen LogP contribution < -0.4 is 11.1 Å². The Labute approximate surface area is 190 Å². The molecule has 0 saturated heterocycles. The number of carboxylic acids is 1. The van der Waals surface area contributed by atoms with Gasteiger partial charge in [-0.05, 0) is 20.3 Å². The van der Waals surface area contributed by atoms with Crippen LogP contribution in [0.4, 0.5) is 0 Å². The Kier molecular flexibility index (Phi) is 12.7. The van der Waals surface area contributed by atoms with Crippen molar-refractivity contribution in [1.29, 1.82) is 0 Å². The fraction of sp³-hybridized carbons (Fsp3) is 0.773. The number of hydrogen-bond donors (Lipinski definition) is 3. The lowest BCUT2D eigenvalue weighted by Gasteiger charge is -2.32. The Morgan fingerprint density at radius 2 is 1.62 bits per heavy atom. The minimum atomic E-state index is -1.17. The molecule has 0 aliphatic rings. The molecule has 0 saturated carbocycles. The highest BCUT2D eigenvalue weighted by atomic mass is 16.5. The molecule has 0 aliphatic carbocycles. The average Bonchev–Trinajstić information content (AvgIpc) is 2.69. The Hall–Kier alpha value is -2.49. The van der Waals surface area contributed by atoms with E-state index in [4.69, 9.17) is 15.6 Å². The van der Waals surface area contributed by atoms with Crippen LogP contribution in [0.3, 0.4) is 0 Å². The first-order valence-corrected chi connectivity index (χ1v) is 10.9. The molecule has 1 atom stereocenters. The van der Waals surface area contributed by atoms with E-state index < -0.39 is 23.4 Å². The normalized spacial score (nSPS) is 12.4. The Morgan fingerprint density at radius 1 is 1.03 bits per heavy atom. The summed E-state index contributed by atoms with van der Waals surface area (Å²) in [5.41, 5.74) is 4.37. The zero-order valence-corrected chi connectivity index (χ0v) is 20.1. The van der Waals surface area contributed by atoms with E-state index in [9.17, 15) is 24.0 Å². The number of rotatable bonds is 15. The number of carbonyl (C=O) groups is 5. The van der Waals surface area contributed by atoms with Crippen molar-refractivity contribution in [3.63, 3.8) is 0 Å². The van der Waals surface area contributed by atoms with E-state index in [1.807, 2.05) is 0 Å². The van der Waals surface area contributed by atoms with Gasteiger partial charge in [-0.15, -0.1) is 0 Å². The molecule has 0 radical (unpaired) electrons. The zero-order valence-electron chi connectivity index (χ0n) is 20.1. The number of Topliss-reactive ketones (excluding diaryl/α,β-unsaturated/α-hetero) is 1. The summed E-state index contributed by atoms with van der Waals surface area (Å²) in [6.07, 6.45) is 0.109. The Morgan fingerprint density at radius 3 is 2.12 bits per heavy atom. The van der Waals surface area contributed by atoms with Crippen LogP contribution in [-0.2, 0) is 28.7 Å². The fourth-order valence-corrected chi connectivity index (χ4v) is 2.73. The van der Waals surface area contributed by atoms with E-state index in [2.05, 4.69) is 5.32 Å². The molecule has 4 N–H and O–H groups in total. The molecule has 0 unspecified atom stereocenters. The number of ether oxygens (including phenoxy) is 1. The number of nitrogens with one attached hydrogen (secondary N) is 1. The van der Waals surface area contributed by atoms with Crippen LogP contribution in [0.1, 0.15) is 60.8 Å². The molecular weight excluding hydrogens is 418 g/mol. The van der Waals surface area contributed by atoms with Gasteiger partial charge in [0.25, 0.3) is 0 Å². The largest absolute Gasteiger partial charge is 0.480 e. The summed E-state index contributed by atoms with van der Waals surface area (Å²) in [4.78, 5) is 61.0. The number of amides is 2. The number of nitrogens with two attached hydrogens (primary N) is 1. The van der Waals surface area contributed by atoms with Gasteiger partial charge in [0.05, 0.1) is 12.0 Å². The highest BCUT2D eigenvalue weighted by Gasteiger charge is 2.34. The first kappa shape index (κ1) is 29.5. The Balaban J connectivity index is 4.82. The van der Waals surface area contributed by atoms with Gasteiger partial charge in [0.15, 0.2) is 0 Å². The molecule has 0 aromatic carbocycles. The number of carbonyl (C=O) groups excluding carboxylic acids is 4. The zero-order chi connectivity index (χ0) is 25.1. The van der Waals surface area contributed by atoms with Crippen molar-refractivity contribution < 1.29 is 33.8 Å². The van der Waals surface area contributed by atoms with E-state index >= 15 is 0 Å². The predicted molar refractivity (Wildman–Crippen MR) is 118 cm³/mol. The third kappa shape index (κ3) is 11.2. The quantitative estimate of drug-likeness (QED) is 0.307. The SMILES string of the molecule is CC(C)C(=O)CCOC(=O)C(C)(C)CN(CCNC(=O)CC[C@H](N)C(=O)O)C(=O)C(C)C. The third-order valence-corrected chi connectivity index (χ3v) is 4.87. The van der Waals surface area contributed by atoms with Crippen molar-refractivity contribution in [1.82, 2.24) is 10.2 Å². The second kappa shape index (κ2) is 13.8. The maximum absolute atomic E-state index is 12.6. The third-order valence-electron chi connectivity index (χ3n) is 4.87. The number of carboxylic acid groups (broad SMARTS) is 1. The molecule has 0 fully saturated rings.